The molecule has 8 nitrogen and oxygen atoms in total. The highest BCUT2D eigenvalue weighted by atomic mass is 16.5. The van der Waals surface area contributed by atoms with Crippen molar-refractivity contribution < 1.29 is 9.53 Å². The first-order valence-electron chi connectivity index (χ1n) is 8.44. The molecule has 4 rings (SSSR count). The van der Waals surface area contributed by atoms with Gasteiger partial charge in [0, 0.05) is 26.7 Å². The predicted octanol–water partition coefficient (Wildman–Crippen LogP) is 1.22. The van der Waals surface area contributed by atoms with E-state index in [0.29, 0.717) is 31.2 Å². The third-order valence-corrected chi connectivity index (χ3v) is 4.58. The van der Waals surface area contributed by atoms with Crippen molar-refractivity contribution in [3.8, 4) is 5.75 Å². The lowest BCUT2D eigenvalue weighted by Gasteiger charge is -2.34. The van der Waals surface area contributed by atoms with Crippen molar-refractivity contribution in [1.29, 1.82) is 0 Å². The van der Waals surface area contributed by atoms with Crippen LogP contribution in [-0.4, -0.2) is 57.1 Å². The minimum atomic E-state index is 0.0591. The zero-order chi connectivity index (χ0) is 18.1. The number of amides is 1. The summed E-state index contributed by atoms with van der Waals surface area (Å²) in [5.41, 5.74) is 2.57. The van der Waals surface area contributed by atoms with Crippen LogP contribution in [0, 0.1) is 0 Å². The Kier molecular flexibility index (Phi) is 4.16. The van der Waals surface area contributed by atoms with Crippen molar-refractivity contribution in [2.24, 2.45) is 7.05 Å². The standard InChI is InChI=1S/C18H20N6O2/c1-22-12-20-17-15(22)9-19-18(21-17)24-7-6-23(16(25)11-24)10-13-4-3-5-14(8-13)26-2/h3-5,8-9,12H,6-7,10-11H2,1-2H3. The van der Waals surface area contributed by atoms with Crippen LogP contribution < -0.4 is 9.64 Å². The highest BCUT2D eigenvalue weighted by molar-refractivity contribution is 5.82. The fraction of sp³-hybridized carbons (Fsp3) is 0.333. The molecule has 0 N–H and O–H groups in total. The van der Waals surface area contributed by atoms with Crippen molar-refractivity contribution in [2.45, 2.75) is 6.54 Å². The molecule has 26 heavy (non-hydrogen) atoms. The van der Waals surface area contributed by atoms with Crippen LogP contribution in [0.25, 0.3) is 11.2 Å². The number of carbonyl (C=O) groups is 1. The fourth-order valence-corrected chi connectivity index (χ4v) is 3.09. The smallest absolute Gasteiger partial charge is 0.242 e. The second-order valence-corrected chi connectivity index (χ2v) is 6.32. The number of aromatic nitrogens is 4. The number of nitrogens with zero attached hydrogens (tertiary/aromatic N) is 6. The van der Waals surface area contributed by atoms with Crippen molar-refractivity contribution in [3.05, 3.63) is 42.4 Å². The molecule has 134 valence electrons. The molecule has 1 amide bonds. The number of anilines is 1. The monoisotopic (exact) mass is 352 g/mol. The van der Waals surface area contributed by atoms with Gasteiger partial charge in [0.15, 0.2) is 5.65 Å². The number of fused-ring (bicyclic) bond motifs is 1. The van der Waals surface area contributed by atoms with Crippen molar-refractivity contribution in [2.75, 3.05) is 31.6 Å². The maximum Gasteiger partial charge on any atom is 0.242 e. The molecule has 1 saturated heterocycles. The van der Waals surface area contributed by atoms with Crippen LogP contribution in [0.1, 0.15) is 5.56 Å². The first kappa shape index (κ1) is 16.3. The molecule has 0 unspecified atom stereocenters. The Labute approximate surface area is 151 Å². The van der Waals surface area contributed by atoms with E-state index in [2.05, 4.69) is 15.0 Å². The van der Waals surface area contributed by atoms with Crippen LogP contribution in [0.15, 0.2) is 36.8 Å². The Bertz CT molecular complexity index is 954. The Morgan fingerprint density at radius 2 is 2.12 bits per heavy atom. The second kappa shape index (κ2) is 6.62. The summed E-state index contributed by atoms with van der Waals surface area (Å²) in [6.45, 7) is 2.15. The van der Waals surface area contributed by atoms with Gasteiger partial charge >= 0.3 is 0 Å². The number of aryl methyl sites for hydroxylation is 1. The molecule has 3 aromatic rings. The van der Waals surface area contributed by atoms with Crippen LogP contribution in [0.5, 0.6) is 5.75 Å². The number of imidazole rings is 1. The zero-order valence-corrected chi connectivity index (χ0v) is 14.8. The quantitative estimate of drug-likeness (QED) is 0.703. The van der Waals surface area contributed by atoms with Gasteiger partial charge in [-0.15, -0.1) is 0 Å². The van der Waals surface area contributed by atoms with Gasteiger partial charge in [-0.05, 0) is 17.7 Å². The second-order valence-electron chi connectivity index (χ2n) is 6.32. The van der Waals surface area contributed by atoms with Crippen LogP contribution in [0.4, 0.5) is 5.95 Å². The minimum absolute atomic E-state index is 0.0591. The van der Waals surface area contributed by atoms with Gasteiger partial charge < -0.3 is 19.1 Å². The van der Waals surface area contributed by atoms with Crippen molar-refractivity contribution >= 4 is 23.0 Å². The first-order chi connectivity index (χ1) is 12.6. The molecule has 1 fully saturated rings. The number of carbonyl (C=O) groups excluding carboxylic acids is 1. The largest absolute Gasteiger partial charge is 0.497 e. The number of ether oxygens (including phenoxy) is 1. The number of hydrogen-bond donors (Lipinski definition) is 0. The number of piperazine rings is 1. The maximum atomic E-state index is 12.6. The van der Waals surface area contributed by atoms with Crippen LogP contribution >= 0.6 is 0 Å². The van der Waals surface area contributed by atoms with Crippen LogP contribution in [0.2, 0.25) is 0 Å². The third kappa shape index (κ3) is 3.05. The molecular weight excluding hydrogens is 332 g/mol. The van der Waals surface area contributed by atoms with Gasteiger partial charge in [-0.3, -0.25) is 4.79 Å². The van der Waals surface area contributed by atoms with Gasteiger partial charge in [-0.1, -0.05) is 12.1 Å². The van der Waals surface area contributed by atoms with Gasteiger partial charge in [0.1, 0.15) is 17.8 Å². The molecule has 8 heteroatoms. The lowest BCUT2D eigenvalue weighted by Crippen LogP contribution is -2.50. The summed E-state index contributed by atoms with van der Waals surface area (Å²) in [6.07, 6.45) is 3.46. The molecule has 0 saturated carbocycles. The summed E-state index contributed by atoms with van der Waals surface area (Å²) in [5, 5.41) is 0. The van der Waals surface area contributed by atoms with Gasteiger partial charge in [0.05, 0.1) is 19.6 Å². The normalized spacial score (nSPS) is 14.9. The van der Waals surface area contributed by atoms with Crippen LogP contribution in [-0.2, 0) is 18.4 Å². The minimum Gasteiger partial charge on any atom is -0.497 e. The molecule has 0 radical (unpaired) electrons. The Morgan fingerprint density at radius 1 is 1.23 bits per heavy atom. The third-order valence-electron chi connectivity index (χ3n) is 4.58. The summed E-state index contributed by atoms with van der Waals surface area (Å²) < 4.78 is 7.12. The molecule has 3 heterocycles. The van der Waals surface area contributed by atoms with E-state index in [1.807, 2.05) is 45.7 Å². The zero-order valence-electron chi connectivity index (χ0n) is 14.8. The van der Waals surface area contributed by atoms with E-state index < -0.39 is 0 Å². The Balaban J connectivity index is 1.46. The number of rotatable bonds is 4. The summed E-state index contributed by atoms with van der Waals surface area (Å²) in [6, 6.07) is 7.79. The molecule has 1 aromatic carbocycles. The van der Waals surface area contributed by atoms with E-state index in [9.17, 15) is 4.79 Å². The number of hydrogen-bond acceptors (Lipinski definition) is 6. The molecule has 0 aliphatic carbocycles. The molecule has 0 spiro atoms. The SMILES string of the molecule is COc1cccc(CN2CCN(c3ncc4c(ncn4C)n3)CC2=O)c1. The molecule has 2 aromatic heterocycles. The lowest BCUT2D eigenvalue weighted by atomic mass is 10.2. The van der Waals surface area contributed by atoms with Crippen molar-refractivity contribution in [1.82, 2.24) is 24.4 Å². The van der Waals surface area contributed by atoms with E-state index in [0.717, 1.165) is 16.8 Å². The first-order valence-corrected chi connectivity index (χ1v) is 8.44. The topological polar surface area (TPSA) is 76.4 Å². The summed E-state index contributed by atoms with van der Waals surface area (Å²) in [7, 11) is 3.54. The van der Waals surface area contributed by atoms with Gasteiger partial charge in [0.2, 0.25) is 11.9 Å². The highest BCUT2D eigenvalue weighted by Crippen LogP contribution is 2.18. The maximum absolute atomic E-state index is 12.6. The number of methoxy groups -OCH3 is 1. The average molecular weight is 352 g/mol. The molecule has 0 bridgehead atoms. The Hall–Kier alpha value is -3.16. The van der Waals surface area contributed by atoms with E-state index in [1.165, 1.54) is 0 Å². The van der Waals surface area contributed by atoms with E-state index in [1.54, 1.807) is 19.6 Å². The molecular formula is C18H20N6O2. The summed E-state index contributed by atoms with van der Waals surface area (Å²) >= 11 is 0. The molecule has 1 aliphatic heterocycles. The van der Waals surface area contributed by atoms with Gasteiger partial charge in [-0.2, -0.15) is 4.98 Å². The van der Waals surface area contributed by atoms with Gasteiger partial charge in [0.25, 0.3) is 0 Å². The summed E-state index contributed by atoms with van der Waals surface area (Å²) in [4.78, 5) is 29.5. The average Bonchev–Trinajstić information content (AvgIpc) is 3.04. The van der Waals surface area contributed by atoms with Crippen LogP contribution in [0.3, 0.4) is 0 Å². The Morgan fingerprint density at radius 3 is 2.92 bits per heavy atom. The fourth-order valence-electron chi connectivity index (χ4n) is 3.09. The van der Waals surface area contributed by atoms with E-state index in [4.69, 9.17) is 4.74 Å². The lowest BCUT2D eigenvalue weighted by molar-refractivity contribution is -0.131. The molecule has 0 atom stereocenters. The van der Waals surface area contributed by atoms with Crippen molar-refractivity contribution in [3.63, 3.8) is 0 Å². The van der Waals surface area contributed by atoms with E-state index in [-0.39, 0.29) is 12.5 Å². The molecule has 1 aliphatic rings. The predicted molar refractivity (Wildman–Crippen MR) is 96.9 cm³/mol. The van der Waals surface area contributed by atoms with Gasteiger partial charge in [-0.25, -0.2) is 9.97 Å². The summed E-state index contributed by atoms with van der Waals surface area (Å²) in [5.74, 6) is 1.40. The number of benzene rings is 1. The highest BCUT2D eigenvalue weighted by Gasteiger charge is 2.26. The van der Waals surface area contributed by atoms with E-state index >= 15 is 0 Å².